The minimum Gasteiger partial charge on any atom is -0.462 e. The van der Waals surface area contributed by atoms with E-state index in [-0.39, 0.29) is 12.0 Å². The summed E-state index contributed by atoms with van der Waals surface area (Å²) in [6.07, 6.45) is 0. The lowest BCUT2D eigenvalue weighted by Crippen LogP contribution is -2.35. The molecule has 0 heterocycles. The molecule has 0 aliphatic carbocycles. The van der Waals surface area contributed by atoms with E-state index in [1.807, 2.05) is 18.2 Å². The Bertz CT molecular complexity index is 774. The summed E-state index contributed by atoms with van der Waals surface area (Å²) in [4.78, 5) is 11.9. The van der Waals surface area contributed by atoms with Gasteiger partial charge in [0.05, 0.1) is 18.2 Å². The summed E-state index contributed by atoms with van der Waals surface area (Å²) < 4.78 is 5.04. The SMILES string of the molecule is CCOC(=O)c1cccc(NC(=S)N[C@@H](c2ccccc2C)C(C)C)c1. The van der Waals surface area contributed by atoms with Crippen LogP contribution in [0.25, 0.3) is 0 Å². The highest BCUT2D eigenvalue weighted by molar-refractivity contribution is 7.80. The van der Waals surface area contributed by atoms with Crippen molar-refractivity contribution < 1.29 is 9.53 Å². The molecule has 0 fully saturated rings. The van der Waals surface area contributed by atoms with E-state index in [0.29, 0.717) is 23.2 Å². The summed E-state index contributed by atoms with van der Waals surface area (Å²) in [7, 11) is 0. The van der Waals surface area contributed by atoms with Gasteiger partial charge in [0.25, 0.3) is 0 Å². The van der Waals surface area contributed by atoms with E-state index in [4.69, 9.17) is 17.0 Å². The Labute approximate surface area is 161 Å². The van der Waals surface area contributed by atoms with Gasteiger partial charge in [-0.05, 0) is 61.3 Å². The normalized spacial score (nSPS) is 11.7. The molecular formula is C21H26N2O2S. The number of nitrogens with one attached hydrogen (secondary N) is 2. The third-order valence-electron chi connectivity index (χ3n) is 4.11. The van der Waals surface area contributed by atoms with Crippen LogP contribution in [0.5, 0.6) is 0 Å². The van der Waals surface area contributed by atoms with E-state index in [0.717, 1.165) is 5.69 Å². The van der Waals surface area contributed by atoms with Gasteiger partial charge >= 0.3 is 5.97 Å². The van der Waals surface area contributed by atoms with Crippen LogP contribution in [0.2, 0.25) is 0 Å². The topological polar surface area (TPSA) is 50.4 Å². The molecule has 2 N–H and O–H groups in total. The maximum Gasteiger partial charge on any atom is 0.338 e. The molecule has 0 amide bonds. The predicted molar refractivity (Wildman–Crippen MR) is 111 cm³/mol. The van der Waals surface area contributed by atoms with Gasteiger partial charge in [0.15, 0.2) is 5.11 Å². The van der Waals surface area contributed by atoms with E-state index >= 15 is 0 Å². The smallest absolute Gasteiger partial charge is 0.338 e. The summed E-state index contributed by atoms with van der Waals surface area (Å²) in [6.45, 7) is 8.56. The molecule has 0 aromatic heterocycles. The number of rotatable bonds is 6. The lowest BCUT2D eigenvalue weighted by atomic mass is 9.93. The van der Waals surface area contributed by atoms with Gasteiger partial charge < -0.3 is 15.4 Å². The number of hydrogen-bond acceptors (Lipinski definition) is 3. The Balaban J connectivity index is 2.10. The molecule has 0 bridgehead atoms. The van der Waals surface area contributed by atoms with Gasteiger partial charge in [-0.2, -0.15) is 0 Å². The van der Waals surface area contributed by atoms with Gasteiger partial charge in [-0.25, -0.2) is 4.79 Å². The number of anilines is 1. The maximum absolute atomic E-state index is 11.9. The van der Waals surface area contributed by atoms with Crippen LogP contribution >= 0.6 is 12.2 Å². The second kappa shape index (κ2) is 9.34. The Hall–Kier alpha value is -2.40. The van der Waals surface area contributed by atoms with Crippen LogP contribution in [0, 0.1) is 12.8 Å². The zero-order valence-corrected chi connectivity index (χ0v) is 16.5. The van der Waals surface area contributed by atoms with Crippen LogP contribution in [0.3, 0.4) is 0 Å². The van der Waals surface area contributed by atoms with Gasteiger partial charge in [-0.15, -0.1) is 0 Å². The van der Waals surface area contributed by atoms with Gasteiger partial charge in [0, 0.05) is 5.69 Å². The summed E-state index contributed by atoms with van der Waals surface area (Å²) in [6, 6.07) is 15.5. The van der Waals surface area contributed by atoms with Crippen LogP contribution < -0.4 is 10.6 Å². The van der Waals surface area contributed by atoms with Gasteiger partial charge in [-0.3, -0.25) is 0 Å². The highest BCUT2D eigenvalue weighted by Crippen LogP contribution is 2.24. The number of ether oxygens (including phenoxy) is 1. The predicted octanol–water partition coefficient (Wildman–Crippen LogP) is 4.86. The number of benzene rings is 2. The van der Waals surface area contributed by atoms with E-state index in [2.05, 4.69) is 43.5 Å². The molecule has 0 unspecified atom stereocenters. The summed E-state index contributed by atoms with van der Waals surface area (Å²) >= 11 is 5.50. The number of thiocarbonyl (C=S) groups is 1. The summed E-state index contributed by atoms with van der Waals surface area (Å²) in [5, 5.41) is 7.09. The molecule has 0 radical (unpaired) electrons. The molecule has 2 aromatic carbocycles. The standard InChI is InChI=1S/C21H26N2O2S/c1-5-25-20(24)16-10-8-11-17(13-16)22-21(26)23-19(14(2)3)18-12-7-6-9-15(18)4/h6-14,19H,5H2,1-4H3,(H2,22,23,26)/t19-/m1/s1. The molecule has 1 atom stereocenters. The van der Waals surface area contributed by atoms with Crippen molar-refractivity contribution in [2.24, 2.45) is 5.92 Å². The van der Waals surface area contributed by atoms with Gasteiger partial charge in [-0.1, -0.05) is 44.2 Å². The van der Waals surface area contributed by atoms with E-state index in [9.17, 15) is 4.79 Å². The third kappa shape index (κ3) is 5.30. The molecule has 5 heteroatoms. The average Bonchev–Trinajstić information content (AvgIpc) is 2.60. The van der Waals surface area contributed by atoms with Crippen LogP contribution in [0.15, 0.2) is 48.5 Å². The summed E-state index contributed by atoms with van der Waals surface area (Å²) in [5.41, 5.74) is 3.71. The molecule has 0 aliphatic rings. The molecule has 0 aliphatic heterocycles. The Morgan fingerprint density at radius 3 is 2.54 bits per heavy atom. The maximum atomic E-state index is 11.9. The molecule has 2 aromatic rings. The number of esters is 1. The van der Waals surface area contributed by atoms with E-state index in [1.165, 1.54) is 11.1 Å². The molecule has 0 spiro atoms. The van der Waals surface area contributed by atoms with Crippen molar-refractivity contribution in [3.05, 3.63) is 65.2 Å². The lowest BCUT2D eigenvalue weighted by molar-refractivity contribution is 0.0526. The summed E-state index contributed by atoms with van der Waals surface area (Å²) in [5.74, 6) is 0.0247. The second-order valence-corrected chi connectivity index (χ2v) is 6.89. The van der Waals surface area contributed by atoms with E-state index in [1.54, 1.807) is 25.1 Å². The quantitative estimate of drug-likeness (QED) is 0.562. The van der Waals surface area contributed by atoms with Crippen LogP contribution in [-0.2, 0) is 4.74 Å². The first-order valence-corrected chi connectivity index (χ1v) is 9.23. The van der Waals surface area contributed by atoms with Crippen molar-refractivity contribution in [1.29, 1.82) is 0 Å². The zero-order valence-electron chi connectivity index (χ0n) is 15.7. The van der Waals surface area contributed by atoms with Crippen molar-refractivity contribution in [3.63, 3.8) is 0 Å². The number of carbonyl (C=O) groups excluding carboxylic acids is 1. The number of aryl methyl sites for hydroxylation is 1. The van der Waals surface area contributed by atoms with Gasteiger partial charge in [0.1, 0.15) is 0 Å². The first-order valence-electron chi connectivity index (χ1n) is 8.82. The fourth-order valence-electron chi connectivity index (χ4n) is 2.79. The van der Waals surface area contributed by atoms with Crippen LogP contribution in [-0.4, -0.2) is 17.7 Å². The molecule has 2 rings (SSSR count). The van der Waals surface area contributed by atoms with Gasteiger partial charge in [0.2, 0.25) is 0 Å². The first kappa shape index (κ1) is 19.9. The monoisotopic (exact) mass is 370 g/mol. The second-order valence-electron chi connectivity index (χ2n) is 6.48. The van der Waals surface area contributed by atoms with Crippen LogP contribution in [0.1, 0.15) is 48.3 Å². The molecule has 26 heavy (non-hydrogen) atoms. The van der Waals surface area contributed by atoms with Crippen molar-refractivity contribution >= 4 is 29.0 Å². The molecular weight excluding hydrogens is 344 g/mol. The van der Waals surface area contributed by atoms with Crippen LogP contribution in [0.4, 0.5) is 5.69 Å². The number of carbonyl (C=O) groups is 1. The fourth-order valence-corrected chi connectivity index (χ4v) is 3.03. The van der Waals surface area contributed by atoms with Crippen molar-refractivity contribution in [2.75, 3.05) is 11.9 Å². The minimum absolute atomic E-state index is 0.101. The van der Waals surface area contributed by atoms with Crippen molar-refractivity contribution in [1.82, 2.24) is 5.32 Å². The van der Waals surface area contributed by atoms with Crippen molar-refractivity contribution in [2.45, 2.75) is 33.7 Å². The Morgan fingerprint density at radius 1 is 1.15 bits per heavy atom. The Morgan fingerprint density at radius 2 is 1.88 bits per heavy atom. The highest BCUT2D eigenvalue weighted by Gasteiger charge is 2.18. The highest BCUT2D eigenvalue weighted by atomic mass is 32.1. The minimum atomic E-state index is -0.338. The average molecular weight is 371 g/mol. The zero-order chi connectivity index (χ0) is 19.1. The molecule has 138 valence electrons. The Kier molecular flexibility index (Phi) is 7.16. The third-order valence-corrected chi connectivity index (χ3v) is 4.33. The van der Waals surface area contributed by atoms with Crippen molar-refractivity contribution in [3.8, 4) is 0 Å². The molecule has 0 saturated heterocycles. The number of hydrogen-bond donors (Lipinski definition) is 2. The molecule has 0 saturated carbocycles. The first-order chi connectivity index (χ1) is 12.4. The lowest BCUT2D eigenvalue weighted by Gasteiger charge is -2.26. The van der Waals surface area contributed by atoms with E-state index < -0.39 is 0 Å². The molecule has 4 nitrogen and oxygen atoms in total. The largest absolute Gasteiger partial charge is 0.462 e. The fraction of sp³-hybridized carbons (Fsp3) is 0.333.